The zero-order valence-corrected chi connectivity index (χ0v) is 22.9. The number of hydrogen-bond acceptors (Lipinski definition) is 6. The van der Waals surface area contributed by atoms with Crippen molar-refractivity contribution in [3.05, 3.63) is 72.6 Å². The average molecular weight is 537 g/mol. The average Bonchev–Trinajstić information content (AvgIpc) is 2.95. The molecule has 2 rings (SSSR count). The zero-order valence-electron chi connectivity index (χ0n) is 22.9. The van der Waals surface area contributed by atoms with E-state index in [-0.39, 0.29) is 30.1 Å². The van der Waals surface area contributed by atoms with Crippen LogP contribution < -0.4 is 9.47 Å². The second-order valence-corrected chi connectivity index (χ2v) is 9.50. The lowest BCUT2D eigenvalue weighted by Gasteiger charge is -2.26. The quantitative estimate of drug-likeness (QED) is 0.0785. The first-order valence-corrected chi connectivity index (χ1v) is 13.8. The van der Waals surface area contributed by atoms with Gasteiger partial charge in [-0.25, -0.2) is 14.0 Å². The van der Waals surface area contributed by atoms with E-state index in [0.717, 1.165) is 31.4 Å². The highest BCUT2D eigenvalue weighted by atomic mass is 19.1. The van der Waals surface area contributed by atoms with E-state index in [1.807, 2.05) is 0 Å². The van der Waals surface area contributed by atoms with Crippen molar-refractivity contribution in [3.63, 3.8) is 0 Å². The number of hydrogen-bond donors (Lipinski definition) is 0. The van der Waals surface area contributed by atoms with Crippen LogP contribution in [0.15, 0.2) is 55.1 Å². The first kappa shape index (κ1) is 31.6. The van der Waals surface area contributed by atoms with Gasteiger partial charge in [0.15, 0.2) is 17.2 Å². The first-order chi connectivity index (χ1) is 18.9. The summed E-state index contributed by atoms with van der Waals surface area (Å²) in [4.78, 5) is 24.6. The van der Waals surface area contributed by atoms with Crippen molar-refractivity contribution in [2.24, 2.45) is 0 Å². The molecule has 1 unspecified atom stereocenters. The van der Waals surface area contributed by atoms with Crippen molar-refractivity contribution in [3.8, 4) is 17.6 Å². The molecule has 1 atom stereocenters. The van der Waals surface area contributed by atoms with Gasteiger partial charge in [-0.2, -0.15) is 5.26 Å². The molecule has 0 amide bonds. The standard InChI is InChI=1S/C32H39FNO5/c1-3-5-6-7-8-9-10-11-16-22-32(25-34,39-30(35)4-2)23-17-24-37-28-20-14-12-18-26(28)31(36)38-29-21-15-13-19-27(29)33/h4,12,14-15,18-21H,2-3,5-11,16-17,22-24H2,1H3. The lowest BCUT2D eigenvalue weighted by Crippen LogP contribution is -2.33. The van der Waals surface area contributed by atoms with E-state index in [4.69, 9.17) is 14.2 Å². The molecule has 0 aliphatic heterocycles. The van der Waals surface area contributed by atoms with Gasteiger partial charge in [0.2, 0.25) is 0 Å². The van der Waals surface area contributed by atoms with Gasteiger partial charge in [0.05, 0.1) is 6.61 Å². The van der Waals surface area contributed by atoms with Gasteiger partial charge in [0.1, 0.15) is 17.4 Å². The van der Waals surface area contributed by atoms with Crippen molar-refractivity contribution >= 4 is 11.9 Å². The Morgan fingerprint density at radius 3 is 2.33 bits per heavy atom. The third-order valence-electron chi connectivity index (χ3n) is 6.42. The molecule has 39 heavy (non-hydrogen) atoms. The molecule has 6 nitrogen and oxygen atoms in total. The summed E-state index contributed by atoms with van der Waals surface area (Å²) in [5.41, 5.74) is -1.13. The number of esters is 2. The number of para-hydroxylation sites is 1. The molecule has 0 saturated heterocycles. The van der Waals surface area contributed by atoms with E-state index in [0.29, 0.717) is 12.8 Å². The Hall–Kier alpha value is -3.66. The van der Waals surface area contributed by atoms with Crippen LogP contribution in [0.4, 0.5) is 4.39 Å². The number of halogens is 1. The lowest BCUT2D eigenvalue weighted by molar-refractivity contribution is -0.149. The molecule has 0 aliphatic rings. The molecule has 0 spiro atoms. The second kappa shape index (κ2) is 17.8. The Labute approximate surface area is 231 Å². The minimum absolute atomic E-state index is 0.143. The van der Waals surface area contributed by atoms with E-state index in [1.54, 1.807) is 18.2 Å². The van der Waals surface area contributed by atoms with Gasteiger partial charge in [0, 0.05) is 18.9 Å². The Bertz CT molecular complexity index is 1100. The third-order valence-corrected chi connectivity index (χ3v) is 6.42. The summed E-state index contributed by atoms with van der Waals surface area (Å²) >= 11 is 0. The van der Waals surface area contributed by atoms with Crippen LogP contribution in [0.25, 0.3) is 0 Å². The summed E-state index contributed by atoms with van der Waals surface area (Å²) in [5.74, 6) is -2.01. The molecule has 0 heterocycles. The van der Waals surface area contributed by atoms with Crippen LogP contribution in [-0.2, 0) is 9.53 Å². The van der Waals surface area contributed by atoms with Gasteiger partial charge in [0.25, 0.3) is 0 Å². The van der Waals surface area contributed by atoms with Gasteiger partial charge < -0.3 is 14.2 Å². The highest BCUT2D eigenvalue weighted by Gasteiger charge is 2.33. The van der Waals surface area contributed by atoms with Crippen LogP contribution in [0.2, 0.25) is 0 Å². The van der Waals surface area contributed by atoms with Gasteiger partial charge in [-0.3, -0.25) is 0 Å². The maximum Gasteiger partial charge on any atom is 0.347 e. The molecule has 209 valence electrons. The monoisotopic (exact) mass is 536 g/mol. The summed E-state index contributed by atoms with van der Waals surface area (Å²) in [6, 6.07) is 15.1. The van der Waals surface area contributed by atoms with E-state index in [2.05, 4.69) is 25.6 Å². The summed E-state index contributed by atoms with van der Waals surface area (Å²) in [6.07, 6.45) is 12.5. The number of unbranched alkanes of at least 4 members (excludes halogenated alkanes) is 8. The highest BCUT2D eigenvalue weighted by Crippen LogP contribution is 2.27. The molecule has 1 radical (unpaired) electrons. The maximum absolute atomic E-state index is 13.9. The smallest absolute Gasteiger partial charge is 0.347 e. The lowest BCUT2D eigenvalue weighted by atomic mass is 9.91. The fraction of sp³-hybridized carbons (Fsp3) is 0.469. The Morgan fingerprint density at radius 2 is 1.67 bits per heavy atom. The van der Waals surface area contributed by atoms with Gasteiger partial charge in [-0.1, -0.05) is 83.1 Å². The van der Waals surface area contributed by atoms with E-state index < -0.39 is 23.4 Å². The molecule has 0 aliphatic carbocycles. The fourth-order valence-corrected chi connectivity index (χ4v) is 4.25. The molecule has 2 aromatic carbocycles. The summed E-state index contributed by atoms with van der Waals surface area (Å²) in [5, 5.41) is 9.94. The SMILES string of the molecule is C=CC(=O)OC(C#N)(CCCCCCCCCCC)CCCOc1ccccc1C(=O)Oc1cc[c]cc1F. The predicted octanol–water partition coefficient (Wildman–Crippen LogP) is 7.92. The van der Waals surface area contributed by atoms with Gasteiger partial charge in [-0.05, 0) is 43.2 Å². The first-order valence-electron chi connectivity index (χ1n) is 13.8. The number of carbonyl (C=O) groups excluding carboxylic acids is 2. The van der Waals surface area contributed by atoms with Gasteiger partial charge in [-0.15, -0.1) is 0 Å². The summed E-state index contributed by atoms with van der Waals surface area (Å²) in [6.45, 7) is 5.83. The normalized spacial score (nSPS) is 12.1. The number of nitriles is 1. The van der Waals surface area contributed by atoms with Crippen molar-refractivity contribution < 1.29 is 28.2 Å². The molecular weight excluding hydrogens is 497 g/mol. The molecule has 0 bridgehead atoms. The Kier molecular flexibility index (Phi) is 14.4. The topological polar surface area (TPSA) is 85.6 Å². The van der Waals surface area contributed by atoms with E-state index in [9.17, 15) is 19.2 Å². The predicted molar refractivity (Wildman–Crippen MR) is 148 cm³/mol. The Balaban J connectivity index is 1.89. The summed E-state index contributed by atoms with van der Waals surface area (Å²) in [7, 11) is 0. The fourth-order valence-electron chi connectivity index (χ4n) is 4.25. The van der Waals surface area contributed by atoms with Crippen molar-refractivity contribution in [2.75, 3.05) is 6.61 Å². The minimum atomic E-state index is -1.27. The largest absolute Gasteiger partial charge is 0.493 e. The minimum Gasteiger partial charge on any atom is -0.493 e. The van der Waals surface area contributed by atoms with E-state index in [1.165, 1.54) is 56.7 Å². The van der Waals surface area contributed by atoms with Crippen LogP contribution in [-0.4, -0.2) is 24.1 Å². The molecule has 7 heteroatoms. The number of carbonyl (C=O) groups is 2. The van der Waals surface area contributed by atoms with Crippen LogP contribution in [0, 0.1) is 23.2 Å². The van der Waals surface area contributed by atoms with Crippen molar-refractivity contribution in [2.45, 2.75) is 89.6 Å². The van der Waals surface area contributed by atoms with Crippen LogP contribution >= 0.6 is 0 Å². The molecule has 0 saturated carbocycles. The number of nitrogens with zero attached hydrogens (tertiary/aromatic N) is 1. The highest BCUT2D eigenvalue weighted by molar-refractivity contribution is 5.94. The second-order valence-electron chi connectivity index (χ2n) is 9.50. The molecule has 0 aromatic heterocycles. The number of rotatable bonds is 19. The van der Waals surface area contributed by atoms with Gasteiger partial charge >= 0.3 is 11.9 Å². The molecular formula is C32H39FNO5. The number of benzene rings is 2. The Morgan fingerprint density at radius 1 is 1.00 bits per heavy atom. The van der Waals surface area contributed by atoms with Crippen LogP contribution in [0.3, 0.4) is 0 Å². The van der Waals surface area contributed by atoms with Crippen molar-refractivity contribution in [1.82, 2.24) is 0 Å². The zero-order chi connectivity index (χ0) is 28.3. The van der Waals surface area contributed by atoms with Crippen LogP contribution in [0.1, 0.15) is 94.3 Å². The summed E-state index contributed by atoms with van der Waals surface area (Å²) < 4.78 is 30.4. The maximum atomic E-state index is 13.9. The molecule has 2 aromatic rings. The van der Waals surface area contributed by atoms with Crippen molar-refractivity contribution in [1.29, 1.82) is 5.26 Å². The number of ether oxygens (including phenoxy) is 3. The molecule has 0 N–H and O–H groups in total. The third kappa shape index (κ3) is 11.3. The van der Waals surface area contributed by atoms with Crippen LogP contribution in [0.5, 0.6) is 11.5 Å². The van der Waals surface area contributed by atoms with E-state index >= 15 is 0 Å². The molecule has 0 fully saturated rings.